The number of hydrogen-bond donors (Lipinski definition) is 2. The molecule has 1 heterocycles. The highest BCUT2D eigenvalue weighted by atomic mass is 16.3. The molecule has 1 aliphatic carbocycles. The molecule has 1 aromatic rings. The molecule has 1 aliphatic heterocycles. The zero-order chi connectivity index (χ0) is 12.7. The van der Waals surface area contributed by atoms with Crippen LogP contribution in [0.25, 0.3) is 0 Å². The van der Waals surface area contributed by atoms with Gasteiger partial charge in [0.05, 0.1) is 0 Å². The third-order valence-electron chi connectivity index (χ3n) is 4.64. The Balaban J connectivity index is 2.02. The zero-order valence-electron chi connectivity index (χ0n) is 10.9. The first kappa shape index (κ1) is 11.8. The summed E-state index contributed by atoms with van der Waals surface area (Å²) in [6.07, 6.45) is 4.45. The van der Waals surface area contributed by atoms with Gasteiger partial charge in [0.15, 0.2) is 0 Å². The van der Waals surface area contributed by atoms with Crippen molar-refractivity contribution in [1.82, 2.24) is 4.90 Å². The van der Waals surface area contributed by atoms with Gasteiger partial charge in [0.2, 0.25) is 0 Å². The standard InChI is InChI=1S/C15H21NO2/c1-2-16-7-3-4-11-13-8-10(17)9-15(18)12(13)5-6-14(11)16/h8-9,11,14,17-18H,2-7H2,1H3/t11-,14-/m0/s1. The molecule has 3 heteroatoms. The van der Waals surface area contributed by atoms with E-state index in [1.54, 1.807) is 0 Å². The molecule has 2 N–H and O–H groups in total. The number of rotatable bonds is 1. The van der Waals surface area contributed by atoms with Gasteiger partial charge in [0, 0.05) is 18.0 Å². The molecule has 3 nitrogen and oxygen atoms in total. The van der Waals surface area contributed by atoms with Crippen LogP contribution < -0.4 is 0 Å². The Hall–Kier alpha value is -1.22. The highest BCUT2D eigenvalue weighted by molar-refractivity contribution is 5.49. The third-order valence-corrected chi connectivity index (χ3v) is 4.64. The molecule has 18 heavy (non-hydrogen) atoms. The lowest BCUT2D eigenvalue weighted by atomic mass is 9.74. The highest BCUT2D eigenvalue weighted by Crippen LogP contribution is 2.44. The zero-order valence-corrected chi connectivity index (χ0v) is 10.9. The number of likely N-dealkylation sites (tertiary alicyclic amines) is 1. The van der Waals surface area contributed by atoms with Gasteiger partial charge in [0.25, 0.3) is 0 Å². The van der Waals surface area contributed by atoms with E-state index in [-0.39, 0.29) is 11.5 Å². The summed E-state index contributed by atoms with van der Waals surface area (Å²) in [7, 11) is 0. The Kier molecular flexibility index (Phi) is 2.94. The molecule has 1 saturated heterocycles. The van der Waals surface area contributed by atoms with Gasteiger partial charge in [0.1, 0.15) is 11.5 Å². The molecule has 0 unspecified atom stereocenters. The molecule has 0 bridgehead atoms. The number of aromatic hydroxyl groups is 2. The number of piperidine rings is 1. The first-order valence-corrected chi connectivity index (χ1v) is 6.99. The Labute approximate surface area is 108 Å². The Bertz CT molecular complexity index is 458. The second kappa shape index (κ2) is 4.47. The van der Waals surface area contributed by atoms with Crippen LogP contribution in [-0.4, -0.2) is 34.2 Å². The van der Waals surface area contributed by atoms with E-state index in [9.17, 15) is 10.2 Å². The molecule has 0 amide bonds. The van der Waals surface area contributed by atoms with Crippen molar-refractivity contribution in [3.8, 4) is 11.5 Å². The molecule has 3 rings (SSSR count). The van der Waals surface area contributed by atoms with Gasteiger partial charge in [-0.3, -0.25) is 0 Å². The minimum atomic E-state index is 0.195. The van der Waals surface area contributed by atoms with E-state index in [4.69, 9.17) is 0 Å². The topological polar surface area (TPSA) is 43.7 Å². The predicted octanol–water partition coefficient (Wildman–Crippen LogP) is 2.61. The first-order chi connectivity index (χ1) is 8.70. The van der Waals surface area contributed by atoms with E-state index in [0.717, 1.165) is 24.9 Å². The minimum Gasteiger partial charge on any atom is -0.508 e. The molecule has 2 aliphatic rings. The van der Waals surface area contributed by atoms with Crippen molar-refractivity contribution in [3.05, 3.63) is 23.3 Å². The fourth-order valence-corrected chi connectivity index (χ4v) is 3.82. The van der Waals surface area contributed by atoms with Gasteiger partial charge in [-0.25, -0.2) is 0 Å². The van der Waals surface area contributed by atoms with Crippen LogP contribution in [-0.2, 0) is 6.42 Å². The number of phenolic OH excluding ortho intramolecular Hbond substituents is 2. The summed E-state index contributed by atoms with van der Waals surface area (Å²) in [6.45, 7) is 4.51. The van der Waals surface area contributed by atoms with Crippen LogP contribution >= 0.6 is 0 Å². The number of benzene rings is 1. The van der Waals surface area contributed by atoms with Crippen LogP contribution in [0.3, 0.4) is 0 Å². The largest absolute Gasteiger partial charge is 0.508 e. The number of fused-ring (bicyclic) bond motifs is 3. The molecule has 1 aromatic carbocycles. The third kappa shape index (κ3) is 1.77. The van der Waals surface area contributed by atoms with Gasteiger partial charge in [-0.2, -0.15) is 0 Å². The van der Waals surface area contributed by atoms with E-state index in [0.29, 0.717) is 12.0 Å². The fraction of sp³-hybridized carbons (Fsp3) is 0.600. The van der Waals surface area contributed by atoms with Crippen LogP contribution in [0.1, 0.15) is 43.2 Å². The SMILES string of the molecule is CCN1CCC[C@H]2c3cc(O)cc(O)c3CC[C@@H]21. The maximum atomic E-state index is 9.98. The maximum Gasteiger partial charge on any atom is 0.122 e. The van der Waals surface area contributed by atoms with Crippen LogP contribution in [0.2, 0.25) is 0 Å². The van der Waals surface area contributed by atoms with Gasteiger partial charge < -0.3 is 15.1 Å². The van der Waals surface area contributed by atoms with Crippen LogP contribution in [0.4, 0.5) is 0 Å². The summed E-state index contributed by atoms with van der Waals surface area (Å²) in [5, 5.41) is 19.7. The summed E-state index contributed by atoms with van der Waals surface area (Å²) >= 11 is 0. The first-order valence-electron chi connectivity index (χ1n) is 6.99. The summed E-state index contributed by atoms with van der Waals surface area (Å²) in [5.41, 5.74) is 2.24. The minimum absolute atomic E-state index is 0.195. The highest BCUT2D eigenvalue weighted by Gasteiger charge is 2.36. The van der Waals surface area contributed by atoms with Crippen molar-refractivity contribution >= 4 is 0 Å². The molecule has 0 aromatic heterocycles. The maximum absolute atomic E-state index is 9.98. The van der Waals surface area contributed by atoms with Gasteiger partial charge in [-0.05, 0) is 56.0 Å². The van der Waals surface area contributed by atoms with Crippen molar-refractivity contribution in [2.24, 2.45) is 0 Å². The lowest BCUT2D eigenvalue weighted by molar-refractivity contribution is 0.118. The molecule has 98 valence electrons. The lowest BCUT2D eigenvalue weighted by Gasteiger charge is -2.44. The average molecular weight is 247 g/mol. The Morgan fingerprint density at radius 3 is 2.89 bits per heavy atom. The van der Waals surface area contributed by atoms with Gasteiger partial charge in [-0.15, -0.1) is 0 Å². The number of phenols is 2. The van der Waals surface area contributed by atoms with E-state index in [1.165, 1.54) is 31.0 Å². The smallest absolute Gasteiger partial charge is 0.122 e. The fourth-order valence-electron chi connectivity index (χ4n) is 3.82. The summed E-state index contributed by atoms with van der Waals surface area (Å²) < 4.78 is 0. The van der Waals surface area contributed by atoms with Crippen LogP contribution in [0.5, 0.6) is 11.5 Å². The quantitative estimate of drug-likeness (QED) is 0.801. The average Bonchev–Trinajstić information content (AvgIpc) is 2.37. The summed E-state index contributed by atoms with van der Waals surface area (Å²) in [5.74, 6) is 0.957. The van der Waals surface area contributed by atoms with Crippen molar-refractivity contribution < 1.29 is 10.2 Å². The molecule has 2 atom stereocenters. The predicted molar refractivity (Wildman–Crippen MR) is 71.1 cm³/mol. The van der Waals surface area contributed by atoms with Crippen molar-refractivity contribution in [2.75, 3.05) is 13.1 Å². The Morgan fingerprint density at radius 2 is 2.11 bits per heavy atom. The number of nitrogens with zero attached hydrogens (tertiary/aromatic N) is 1. The van der Waals surface area contributed by atoms with E-state index >= 15 is 0 Å². The number of hydrogen-bond acceptors (Lipinski definition) is 3. The Morgan fingerprint density at radius 1 is 1.28 bits per heavy atom. The molecule has 0 radical (unpaired) electrons. The van der Waals surface area contributed by atoms with E-state index in [1.807, 2.05) is 6.07 Å². The molecular weight excluding hydrogens is 226 g/mol. The van der Waals surface area contributed by atoms with Crippen molar-refractivity contribution in [3.63, 3.8) is 0 Å². The van der Waals surface area contributed by atoms with Crippen LogP contribution in [0, 0.1) is 0 Å². The van der Waals surface area contributed by atoms with Crippen molar-refractivity contribution in [1.29, 1.82) is 0 Å². The normalized spacial score (nSPS) is 27.6. The molecule has 0 saturated carbocycles. The summed E-state index contributed by atoms with van der Waals surface area (Å²) in [4.78, 5) is 2.55. The van der Waals surface area contributed by atoms with Gasteiger partial charge in [-0.1, -0.05) is 6.92 Å². The number of likely N-dealkylation sites (N-methyl/N-ethyl adjacent to an activating group) is 1. The second-order valence-electron chi connectivity index (χ2n) is 5.52. The molecule has 1 fully saturated rings. The second-order valence-corrected chi connectivity index (χ2v) is 5.52. The molecular formula is C15H21NO2. The van der Waals surface area contributed by atoms with Gasteiger partial charge >= 0.3 is 0 Å². The van der Waals surface area contributed by atoms with E-state index in [2.05, 4.69) is 11.8 Å². The monoisotopic (exact) mass is 247 g/mol. The summed E-state index contributed by atoms with van der Waals surface area (Å²) in [6, 6.07) is 3.93. The van der Waals surface area contributed by atoms with Crippen LogP contribution in [0.15, 0.2) is 12.1 Å². The lowest BCUT2D eigenvalue weighted by Crippen LogP contribution is -2.46. The molecule has 0 spiro atoms. The van der Waals surface area contributed by atoms with E-state index < -0.39 is 0 Å². The van der Waals surface area contributed by atoms with Crippen molar-refractivity contribution in [2.45, 2.75) is 44.6 Å².